The first kappa shape index (κ1) is 16.6. The smallest absolute Gasteiger partial charge is 0.242 e. The van der Waals surface area contributed by atoms with E-state index in [2.05, 4.69) is 14.9 Å². The van der Waals surface area contributed by atoms with Crippen molar-refractivity contribution >= 4 is 22.8 Å². The Morgan fingerprint density at radius 2 is 2.04 bits per heavy atom. The number of para-hydroxylation sites is 2. The lowest BCUT2D eigenvalue weighted by Crippen LogP contribution is -2.49. The van der Waals surface area contributed by atoms with Gasteiger partial charge in [-0.3, -0.25) is 4.79 Å². The Hall–Kier alpha value is -2.89. The lowest BCUT2D eigenvalue weighted by molar-refractivity contribution is -0.132. The second-order valence-corrected chi connectivity index (χ2v) is 6.80. The van der Waals surface area contributed by atoms with Gasteiger partial charge in [0.15, 0.2) is 0 Å². The average molecular weight is 349 g/mol. The fraction of sp³-hybridized carbons (Fsp3) is 0.350. The molecule has 1 aliphatic rings. The molecule has 0 bridgehead atoms. The van der Waals surface area contributed by atoms with E-state index in [1.54, 1.807) is 6.33 Å². The molecule has 1 unspecified atom stereocenters. The summed E-state index contributed by atoms with van der Waals surface area (Å²) in [6.07, 6.45) is 5.65. The van der Waals surface area contributed by atoms with Gasteiger partial charge in [0.25, 0.3) is 0 Å². The normalized spacial score (nSPS) is 17.4. The Balaban J connectivity index is 1.44. The number of carbonyl (C=O) groups excluding carboxylic acids is 1. The summed E-state index contributed by atoms with van der Waals surface area (Å²) in [6, 6.07) is 14.1. The number of aromatic nitrogens is 3. The van der Waals surface area contributed by atoms with Crippen LogP contribution >= 0.6 is 0 Å². The molecule has 0 aliphatic carbocycles. The van der Waals surface area contributed by atoms with Crippen LogP contribution in [0.3, 0.4) is 0 Å². The van der Waals surface area contributed by atoms with Crippen molar-refractivity contribution < 1.29 is 4.79 Å². The molecule has 0 saturated carbocycles. The van der Waals surface area contributed by atoms with Crippen molar-refractivity contribution in [2.45, 2.75) is 25.4 Å². The van der Waals surface area contributed by atoms with Gasteiger partial charge in [-0.05, 0) is 37.1 Å². The van der Waals surface area contributed by atoms with Crippen LogP contribution in [0.2, 0.25) is 0 Å². The summed E-state index contributed by atoms with van der Waals surface area (Å²) in [6.45, 7) is 2.13. The number of imidazole rings is 1. The van der Waals surface area contributed by atoms with Crippen LogP contribution in [0.4, 0.5) is 5.82 Å². The molecule has 3 heterocycles. The minimum absolute atomic E-state index is 0.112. The summed E-state index contributed by atoms with van der Waals surface area (Å²) < 4.78 is 1.92. The number of rotatable bonds is 4. The number of benzene rings is 1. The van der Waals surface area contributed by atoms with E-state index in [9.17, 15) is 4.79 Å². The highest BCUT2D eigenvalue weighted by Gasteiger charge is 2.26. The first-order valence-corrected chi connectivity index (χ1v) is 9.04. The highest BCUT2D eigenvalue weighted by molar-refractivity contribution is 5.80. The summed E-state index contributed by atoms with van der Waals surface area (Å²) in [5, 5.41) is 0. The third-order valence-corrected chi connectivity index (χ3v) is 5.14. The van der Waals surface area contributed by atoms with E-state index in [0.29, 0.717) is 6.54 Å². The van der Waals surface area contributed by atoms with Gasteiger partial charge in [-0.1, -0.05) is 18.2 Å². The monoisotopic (exact) mass is 349 g/mol. The molecule has 134 valence electrons. The lowest BCUT2D eigenvalue weighted by Gasteiger charge is -2.38. The van der Waals surface area contributed by atoms with Gasteiger partial charge in [-0.25, -0.2) is 9.97 Å². The number of hydrogen-bond acceptors (Lipinski definition) is 4. The zero-order chi connectivity index (χ0) is 17.9. The predicted octanol–water partition coefficient (Wildman–Crippen LogP) is 2.56. The van der Waals surface area contributed by atoms with Crippen molar-refractivity contribution in [2.24, 2.45) is 0 Å². The maximum atomic E-state index is 12.8. The fourth-order valence-corrected chi connectivity index (χ4v) is 3.62. The summed E-state index contributed by atoms with van der Waals surface area (Å²) in [5.41, 5.74) is 1.91. The van der Waals surface area contributed by atoms with Crippen LogP contribution in [0.1, 0.15) is 12.8 Å². The molecule has 26 heavy (non-hydrogen) atoms. The van der Waals surface area contributed by atoms with Crippen LogP contribution in [0.5, 0.6) is 0 Å². The quantitative estimate of drug-likeness (QED) is 0.726. The van der Waals surface area contributed by atoms with Crippen LogP contribution in [0.15, 0.2) is 55.0 Å². The minimum atomic E-state index is 0.112. The van der Waals surface area contributed by atoms with Gasteiger partial charge in [0.2, 0.25) is 5.91 Å². The molecule has 6 nitrogen and oxygen atoms in total. The van der Waals surface area contributed by atoms with E-state index in [-0.39, 0.29) is 11.9 Å². The highest BCUT2D eigenvalue weighted by atomic mass is 16.2. The highest BCUT2D eigenvalue weighted by Crippen LogP contribution is 2.20. The molecular formula is C20H23N5O. The Morgan fingerprint density at radius 1 is 1.19 bits per heavy atom. The zero-order valence-electron chi connectivity index (χ0n) is 15.0. The molecule has 6 heteroatoms. The van der Waals surface area contributed by atoms with Crippen LogP contribution in [0, 0.1) is 0 Å². The van der Waals surface area contributed by atoms with Crippen LogP contribution < -0.4 is 4.90 Å². The molecule has 1 saturated heterocycles. The third kappa shape index (κ3) is 3.27. The van der Waals surface area contributed by atoms with Crippen LogP contribution in [0.25, 0.3) is 11.0 Å². The molecule has 0 radical (unpaired) electrons. The first-order chi connectivity index (χ1) is 12.7. The lowest BCUT2D eigenvalue weighted by atomic mass is 10.0. The second kappa shape index (κ2) is 7.15. The minimum Gasteiger partial charge on any atom is -0.355 e. The number of piperidine rings is 1. The summed E-state index contributed by atoms with van der Waals surface area (Å²) in [7, 11) is 1.91. The third-order valence-electron chi connectivity index (χ3n) is 5.14. The second-order valence-electron chi connectivity index (χ2n) is 6.80. The molecule has 1 aliphatic heterocycles. The molecular weight excluding hydrogens is 326 g/mol. The van der Waals surface area contributed by atoms with Crippen LogP contribution in [-0.2, 0) is 11.3 Å². The van der Waals surface area contributed by atoms with Gasteiger partial charge in [-0.15, -0.1) is 0 Å². The Bertz CT molecular complexity index is 891. The predicted molar refractivity (Wildman–Crippen MR) is 102 cm³/mol. The molecule has 1 amide bonds. The maximum absolute atomic E-state index is 12.8. The van der Waals surface area contributed by atoms with Crippen molar-refractivity contribution in [3.8, 4) is 0 Å². The average Bonchev–Trinajstić information content (AvgIpc) is 3.11. The largest absolute Gasteiger partial charge is 0.355 e. The summed E-state index contributed by atoms with van der Waals surface area (Å²) in [5.74, 6) is 1.10. The Morgan fingerprint density at radius 3 is 2.88 bits per heavy atom. The van der Waals surface area contributed by atoms with Crippen molar-refractivity contribution in [1.82, 2.24) is 19.4 Å². The van der Waals surface area contributed by atoms with Gasteiger partial charge in [0.05, 0.1) is 17.4 Å². The molecule has 0 spiro atoms. The fourth-order valence-electron chi connectivity index (χ4n) is 3.62. The standard InChI is InChI=1S/C20H23N5O/c1-23(16-7-6-12-24(13-16)19-10-4-5-11-21-19)20(26)14-25-15-22-17-8-2-3-9-18(17)25/h2-5,8-11,15-16H,6-7,12-14H2,1H3. The number of likely N-dealkylation sites (N-methyl/N-ethyl adjacent to an activating group) is 1. The van der Waals surface area contributed by atoms with Gasteiger partial charge in [-0.2, -0.15) is 0 Å². The number of anilines is 1. The van der Waals surface area contributed by atoms with E-state index in [4.69, 9.17) is 0 Å². The summed E-state index contributed by atoms with van der Waals surface area (Å²) in [4.78, 5) is 25.8. The van der Waals surface area contributed by atoms with E-state index < -0.39 is 0 Å². The van der Waals surface area contributed by atoms with Crippen molar-refractivity contribution in [3.05, 3.63) is 55.0 Å². The van der Waals surface area contributed by atoms with E-state index in [1.165, 1.54) is 0 Å². The number of carbonyl (C=O) groups is 1. The molecule has 3 aromatic rings. The van der Waals surface area contributed by atoms with Crippen molar-refractivity contribution in [3.63, 3.8) is 0 Å². The number of pyridine rings is 1. The maximum Gasteiger partial charge on any atom is 0.242 e. The molecule has 2 aromatic heterocycles. The first-order valence-electron chi connectivity index (χ1n) is 9.04. The van der Waals surface area contributed by atoms with E-state index in [1.807, 2.05) is 65.2 Å². The number of hydrogen-bond donors (Lipinski definition) is 0. The van der Waals surface area contributed by atoms with Crippen molar-refractivity contribution in [1.29, 1.82) is 0 Å². The molecule has 1 fully saturated rings. The van der Waals surface area contributed by atoms with Crippen LogP contribution in [-0.4, -0.2) is 51.5 Å². The Labute approximate surface area is 153 Å². The SMILES string of the molecule is CN(C(=O)Cn1cnc2ccccc21)C1CCCN(c2ccccn2)C1. The van der Waals surface area contributed by atoms with Gasteiger partial charge in [0.1, 0.15) is 12.4 Å². The number of fused-ring (bicyclic) bond motifs is 1. The van der Waals surface area contributed by atoms with Crippen molar-refractivity contribution in [2.75, 3.05) is 25.0 Å². The van der Waals surface area contributed by atoms with Gasteiger partial charge < -0.3 is 14.4 Å². The molecule has 4 rings (SSSR count). The van der Waals surface area contributed by atoms with Gasteiger partial charge in [0, 0.05) is 32.4 Å². The zero-order valence-corrected chi connectivity index (χ0v) is 15.0. The number of amides is 1. The number of nitrogens with zero attached hydrogens (tertiary/aromatic N) is 5. The Kier molecular flexibility index (Phi) is 4.56. The molecule has 1 aromatic carbocycles. The molecule has 0 N–H and O–H groups in total. The molecule has 1 atom stereocenters. The summed E-state index contributed by atoms with van der Waals surface area (Å²) >= 11 is 0. The van der Waals surface area contributed by atoms with E-state index >= 15 is 0 Å². The van der Waals surface area contributed by atoms with Gasteiger partial charge >= 0.3 is 0 Å². The topological polar surface area (TPSA) is 54.3 Å². The van der Waals surface area contributed by atoms with E-state index in [0.717, 1.165) is 42.8 Å².